The number of hydrogen-bond acceptors (Lipinski definition) is 10. The lowest BCUT2D eigenvalue weighted by molar-refractivity contribution is -0.112. The van der Waals surface area contributed by atoms with Gasteiger partial charge in [-0.3, -0.25) is 10.1 Å². The summed E-state index contributed by atoms with van der Waals surface area (Å²) in [4.78, 5) is 16.2. The van der Waals surface area contributed by atoms with Crippen molar-refractivity contribution in [3.8, 4) is 23.3 Å². The number of aryl methyl sites for hydroxylation is 1. The first-order chi connectivity index (χ1) is 16.7. The molecule has 35 heavy (non-hydrogen) atoms. The second-order valence-corrected chi connectivity index (χ2v) is 9.86. The predicted molar refractivity (Wildman–Crippen MR) is 130 cm³/mol. The van der Waals surface area contributed by atoms with Crippen LogP contribution in [-0.4, -0.2) is 50.3 Å². The molecule has 1 heterocycles. The summed E-state index contributed by atoms with van der Waals surface area (Å²) >= 11 is 0.700. The molecule has 0 bridgehead atoms. The third kappa shape index (κ3) is 7.26. The van der Waals surface area contributed by atoms with Gasteiger partial charge in [-0.25, -0.2) is 8.42 Å². The Hall–Kier alpha value is -3.95. The number of aromatic nitrogens is 2. The first-order valence-electron chi connectivity index (χ1n) is 10.2. The SMILES string of the molecule is COc1cc(C=C(C#N)C(=O)Nc2nc(S(C)(=O)=O)ns2)ccc1OCCOc1cccc(C)c1. The first-order valence-corrected chi connectivity index (χ1v) is 12.8. The first kappa shape index (κ1) is 25.7. The standard InChI is InChI=1S/C23H22N4O6S2/c1-15-5-4-6-18(11-15)32-9-10-33-19-8-7-16(13-20(19)31-2)12-17(14-24)21(28)25-22-26-23(27-34-22)35(3,29)30/h4-8,11-13H,9-10H2,1-3H3,(H,25,26,27,28). The third-order valence-electron chi connectivity index (χ3n) is 4.42. The number of nitriles is 1. The van der Waals surface area contributed by atoms with Crippen molar-refractivity contribution in [1.29, 1.82) is 5.26 Å². The molecule has 182 valence electrons. The van der Waals surface area contributed by atoms with Crippen LogP contribution in [0.2, 0.25) is 0 Å². The molecule has 1 amide bonds. The lowest BCUT2D eigenvalue weighted by Gasteiger charge is -2.12. The van der Waals surface area contributed by atoms with Crippen LogP contribution in [0.3, 0.4) is 0 Å². The summed E-state index contributed by atoms with van der Waals surface area (Å²) in [5.41, 5.74) is 1.40. The largest absolute Gasteiger partial charge is 0.493 e. The number of benzene rings is 2. The Kier molecular flexibility index (Phi) is 8.40. The van der Waals surface area contributed by atoms with Gasteiger partial charge in [-0.1, -0.05) is 18.2 Å². The molecule has 0 radical (unpaired) electrons. The highest BCUT2D eigenvalue weighted by Crippen LogP contribution is 2.29. The van der Waals surface area contributed by atoms with Crippen LogP contribution in [0.1, 0.15) is 11.1 Å². The van der Waals surface area contributed by atoms with Crippen LogP contribution >= 0.6 is 11.5 Å². The van der Waals surface area contributed by atoms with Crippen molar-refractivity contribution in [1.82, 2.24) is 9.36 Å². The summed E-state index contributed by atoms with van der Waals surface area (Å²) in [6, 6.07) is 14.5. The van der Waals surface area contributed by atoms with Gasteiger partial charge in [0.25, 0.3) is 11.1 Å². The Balaban J connectivity index is 1.64. The normalized spacial score (nSPS) is 11.4. The van der Waals surface area contributed by atoms with Crippen LogP contribution in [0.15, 0.2) is 53.2 Å². The predicted octanol–water partition coefficient (Wildman–Crippen LogP) is 3.26. The molecule has 0 aliphatic heterocycles. The minimum absolute atomic E-state index is 0.0363. The van der Waals surface area contributed by atoms with E-state index in [-0.39, 0.29) is 17.3 Å². The molecule has 0 saturated heterocycles. The summed E-state index contributed by atoms with van der Waals surface area (Å²) in [6.07, 6.45) is 2.32. The second-order valence-electron chi connectivity index (χ2n) is 7.20. The van der Waals surface area contributed by atoms with Crippen LogP contribution in [0.25, 0.3) is 6.08 Å². The van der Waals surface area contributed by atoms with Crippen molar-refractivity contribution >= 4 is 38.5 Å². The lowest BCUT2D eigenvalue weighted by Crippen LogP contribution is -2.13. The third-order valence-corrected chi connectivity index (χ3v) is 6.01. The second kappa shape index (κ2) is 11.5. The molecule has 0 aliphatic carbocycles. The molecule has 0 spiro atoms. The van der Waals surface area contributed by atoms with Gasteiger partial charge in [0.05, 0.1) is 7.11 Å². The monoisotopic (exact) mass is 514 g/mol. The average molecular weight is 515 g/mol. The van der Waals surface area contributed by atoms with E-state index in [0.29, 0.717) is 35.2 Å². The molecule has 1 N–H and O–H groups in total. The summed E-state index contributed by atoms with van der Waals surface area (Å²) in [5, 5.41) is 11.4. The zero-order valence-corrected chi connectivity index (χ0v) is 20.8. The fraction of sp³-hybridized carbons (Fsp3) is 0.217. The summed E-state index contributed by atoms with van der Waals surface area (Å²) in [5.74, 6) is 0.886. The Bertz CT molecular complexity index is 1390. The van der Waals surface area contributed by atoms with Gasteiger partial charge >= 0.3 is 0 Å². The molecule has 0 saturated carbocycles. The van der Waals surface area contributed by atoms with Crippen LogP contribution in [0, 0.1) is 18.3 Å². The van der Waals surface area contributed by atoms with Crippen molar-refractivity contribution in [2.45, 2.75) is 12.1 Å². The van der Waals surface area contributed by atoms with E-state index < -0.39 is 20.9 Å². The van der Waals surface area contributed by atoms with Crippen LogP contribution in [0.5, 0.6) is 17.2 Å². The van der Waals surface area contributed by atoms with Gasteiger partial charge < -0.3 is 14.2 Å². The van der Waals surface area contributed by atoms with Gasteiger partial charge in [-0.15, -0.1) is 0 Å². The van der Waals surface area contributed by atoms with E-state index in [1.54, 1.807) is 18.2 Å². The number of anilines is 1. The molecule has 0 aliphatic rings. The fourth-order valence-electron chi connectivity index (χ4n) is 2.80. The quantitative estimate of drug-likeness (QED) is 0.245. The maximum atomic E-state index is 12.5. The molecular formula is C23H22N4O6S2. The molecule has 10 nitrogen and oxygen atoms in total. The Morgan fingerprint density at radius 2 is 1.94 bits per heavy atom. The number of methoxy groups -OCH3 is 1. The zero-order valence-electron chi connectivity index (χ0n) is 19.1. The molecule has 0 fully saturated rings. The Labute approximate surface area is 206 Å². The smallest absolute Gasteiger partial charge is 0.268 e. The highest BCUT2D eigenvalue weighted by Gasteiger charge is 2.17. The number of rotatable bonds is 10. The number of nitrogens with zero attached hydrogens (tertiary/aromatic N) is 3. The van der Waals surface area contributed by atoms with Crippen molar-refractivity contribution < 1.29 is 27.4 Å². The molecule has 12 heteroatoms. The van der Waals surface area contributed by atoms with Crippen molar-refractivity contribution in [2.24, 2.45) is 0 Å². The minimum atomic E-state index is -3.60. The number of carbonyl (C=O) groups excluding carboxylic acids is 1. The number of hydrogen-bond donors (Lipinski definition) is 1. The van der Waals surface area contributed by atoms with Crippen molar-refractivity contribution in [3.05, 3.63) is 59.2 Å². The number of ether oxygens (including phenoxy) is 3. The van der Waals surface area contributed by atoms with Gasteiger partial charge in [-0.2, -0.15) is 14.6 Å². The van der Waals surface area contributed by atoms with E-state index in [4.69, 9.17) is 14.2 Å². The van der Waals surface area contributed by atoms with E-state index in [1.165, 1.54) is 13.2 Å². The maximum absolute atomic E-state index is 12.5. The summed E-state index contributed by atoms with van der Waals surface area (Å²) in [7, 11) is -2.13. The Morgan fingerprint density at radius 1 is 1.17 bits per heavy atom. The molecule has 0 unspecified atom stereocenters. The van der Waals surface area contributed by atoms with Crippen molar-refractivity contribution in [3.63, 3.8) is 0 Å². The van der Waals surface area contributed by atoms with E-state index in [1.807, 2.05) is 37.3 Å². The summed E-state index contributed by atoms with van der Waals surface area (Å²) in [6.45, 7) is 2.60. The molecule has 2 aromatic carbocycles. The van der Waals surface area contributed by atoms with E-state index in [9.17, 15) is 18.5 Å². The van der Waals surface area contributed by atoms with Gasteiger partial charge in [0, 0.05) is 17.8 Å². The van der Waals surface area contributed by atoms with Crippen LogP contribution in [-0.2, 0) is 14.6 Å². The van der Waals surface area contributed by atoms with Gasteiger partial charge in [-0.05, 0) is 48.4 Å². The highest BCUT2D eigenvalue weighted by molar-refractivity contribution is 7.90. The fourth-order valence-corrected chi connectivity index (χ4v) is 4.24. The molecule has 1 aromatic heterocycles. The van der Waals surface area contributed by atoms with Crippen LogP contribution in [0.4, 0.5) is 5.13 Å². The van der Waals surface area contributed by atoms with Gasteiger partial charge in [0.15, 0.2) is 11.5 Å². The summed E-state index contributed by atoms with van der Waals surface area (Å²) < 4.78 is 43.4. The minimum Gasteiger partial charge on any atom is -0.493 e. The number of carbonyl (C=O) groups is 1. The molecule has 3 rings (SSSR count). The highest BCUT2D eigenvalue weighted by atomic mass is 32.2. The number of amides is 1. The average Bonchev–Trinajstić information content (AvgIpc) is 3.30. The number of nitrogens with one attached hydrogen (secondary N) is 1. The van der Waals surface area contributed by atoms with E-state index in [2.05, 4.69) is 14.7 Å². The number of sulfone groups is 1. The Morgan fingerprint density at radius 3 is 2.60 bits per heavy atom. The maximum Gasteiger partial charge on any atom is 0.268 e. The zero-order chi connectivity index (χ0) is 25.4. The lowest BCUT2D eigenvalue weighted by atomic mass is 10.1. The van der Waals surface area contributed by atoms with E-state index >= 15 is 0 Å². The topological polar surface area (TPSA) is 140 Å². The van der Waals surface area contributed by atoms with Crippen molar-refractivity contribution in [2.75, 3.05) is 31.9 Å². The molecule has 3 aromatic rings. The molecule has 0 atom stereocenters. The van der Waals surface area contributed by atoms with Gasteiger partial charge in [0.2, 0.25) is 15.0 Å². The molecular weight excluding hydrogens is 492 g/mol. The van der Waals surface area contributed by atoms with E-state index in [0.717, 1.165) is 17.6 Å². The van der Waals surface area contributed by atoms with Crippen LogP contribution < -0.4 is 19.5 Å². The van der Waals surface area contributed by atoms with Gasteiger partial charge in [0.1, 0.15) is 30.6 Å².